The van der Waals surface area contributed by atoms with Crippen molar-refractivity contribution >= 4 is 23.2 Å². The summed E-state index contributed by atoms with van der Waals surface area (Å²) in [6.07, 6.45) is 3.40. The van der Waals surface area contributed by atoms with Crippen LogP contribution >= 0.6 is 0 Å². The number of nitrogens with one attached hydrogen (secondary N) is 2. The number of nitrogens with zero attached hydrogens (tertiary/aromatic N) is 3. The van der Waals surface area contributed by atoms with E-state index in [4.69, 9.17) is 4.74 Å². The molecule has 0 bridgehead atoms. The van der Waals surface area contributed by atoms with E-state index in [0.717, 1.165) is 42.3 Å². The number of urea groups is 1. The summed E-state index contributed by atoms with van der Waals surface area (Å²) >= 11 is 0. The third kappa shape index (κ3) is 5.82. The first-order chi connectivity index (χ1) is 15.7. The quantitative estimate of drug-likeness (QED) is 0.552. The average molecular weight is 432 g/mol. The van der Waals surface area contributed by atoms with Gasteiger partial charge in [0.1, 0.15) is 0 Å². The monoisotopic (exact) mass is 431 g/mol. The Kier molecular flexibility index (Phi) is 7.30. The first-order valence-corrected chi connectivity index (χ1v) is 11.1. The molecule has 2 amide bonds. The van der Waals surface area contributed by atoms with E-state index in [1.807, 2.05) is 48.5 Å². The lowest BCUT2D eigenvalue weighted by Gasteiger charge is -2.27. The van der Waals surface area contributed by atoms with E-state index in [1.54, 1.807) is 0 Å². The summed E-state index contributed by atoms with van der Waals surface area (Å²) in [5, 5.41) is 14.5. The van der Waals surface area contributed by atoms with Crippen molar-refractivity contribution in [2.45, 2.75) is 26.2 Å². The number of anilines is 3. The molecule has 1 fully saturated rings. The third-order valence-electron chi connectivity index (χ3n) is 5.43. The molecule has 2 aromatic carbocycles. The molecule has 7 heteroatoms. The van der Waals surface area contributed by atoms with Gasteiger partial charge in [-0.3, -0.25) is 0 Å². The Hall–Kier alpha value is -3.45. The van der Waals surface area contributed by atoms with E-state index in [9.17, 15) is 4.79 Å². The predicted octanol–water partition coefficient (Wildman–Crippen LogP) is 4.97. The maximum Gasteiger partial charge on any atom is 0.323 e. The molecular weight excluding hydrogens is 402 g/mol. The normalized spacial score (nSPS) is 13.6. The molecule has 7 nitrogen and oxygen atoms in total. The van der Waals surface area contributed by atoms with Gasteiger partial charge in [0.15, 0.2) is 5.82 Å². The first kappa shape index (κ1) is 21.8. The zero-order valence-electron chi connectivity index (χ0n) is 18.4. The molecule has 0 radical (unpaired) electrons. The predicted molar refractivity (Wildman–Crippen MR) is 128 cm³/mol. The van der Waals surface area contributed by atoms with E-state index < -0.39 is 0 Å². The largest absolute Gasteiger partial charge is 0.378 e. The number of hydrogen-bond acceptors (Lipinski definition) is 5. The van der Waals surface area contributed by atoms with Crippen LogP contribution in [-0.4, -0.2) is 42.5 Å². The van der Waals surface area contributed by atoms with Gasteiger partial charge in [-0.2, -0.15) is 0 Å². The molecule has 0 aliphatic carbocycles. The Morgan fingerprint density at radius 2 is 1.75 bits per heavy atom. The Balaban J connectivity index is 1.36. The van der Waals surface area contributed by atoms with Crippen molar-refractivity contribution in [3.05, 3.63) is 66.2 Å². The van der Waals surface area contributed by atoms with Crippen LogP contribution < -0.4 is 15.5 Å². The topological polar surface area (TPSA) is 79.4 Å². The number of amides is 2. The summed E-state index contributed by atoms with van der Waals surface area (Å²) in [5.74, 6) is 0.853. The number of hydrogen-bond donors (Lipinski definition) is 2. The van der Waals surface area contributed by atoms with Gasteiger partial charge in [0.2, 0.25) is 0 Å². The van der Waals surface area contributed by atoms with Crippen LogP contribution in [0.15, 0.2) is 60.7 Å². The lowest BCUT2D eigenvalue weighted by molar-refractivity contribution is 0.122. The van der Waals surface area contributed by atoms with Gasteiger partial charge in [0, 0.05) is 30.0 Å². The smallest absolute Gasteiger partial charge is 0.323 e. The standard InChI is InChI=1S/C25H29N5O2/c1-2-3-5-19-8-10-21(11-9-19)26-25(31)27-22-7-4-6-20(18-22)23-12-13-24(29-28-23)30-14-16-32-17-15-30/h4,6-13,18H,2-3,5,14-17H2,1H3,(H2,26,27,31). The maximum absolute atomic E-state index is 12.4. The third-order valence-corrected chi connectivity index (χ3v) is 5.43. The highest BCUT2D eigenvalue weighted by Crippen LogP contribution is 2.22. The summed E-state index contributed by atoms with van der Waals surface area (Å²) in [6, 6.07) is 19.2. The minimum absolute atomic E-state index is 0.280. The zero-order valence-corrected chi connectivity index (χ0v) is 18.4. The van der Waals surface area contributed by atoms with Crippen molar-refractivity contribution in [1.82, 2.24) is 10.2 Å². The Morgan fingerprint density at radius 3 is 2.47 bits per heavy atom. The molecule has 0 unspecified atom stereocenters. The molecule has 1 aliphatic rings. The van der Waals surface area contributed by atoms with Crippen LogP contribution in [0.4, 0.5) is 22.0 Å². The number of carbonyl (C=O) groups excluding carboxylic acids is 1. The van der Waals surface area contributed by atoms with Crippen molar-refractivity contribution < 1.29 is 9.53 Å². The van der Waals surface area contributed by atoms with Crippen LogP contribution in [0.5, 0.6) is 0 Å². The van der Waals surface area contributed by atoms with E-state index in [0.29, 0.717) is 18.9 Å². The molecule has 2 N–H and O–H groups in total. The number of unbranched alkanes of at least 4 members (excludes halogenated alkanes) is 1. The van der Waals surface area contributed by atoms with Crippen molar-refractivity contribution in [1.29, 1.82) is 0 Å². The molecule has 1 saturated heterocycles. The highest BCUT2D eigenvalue weighted by atomic mass is 16.5. The number of benzene rings is 2. The summed E-state index contributed by atoms with van der Waals surface area (Å²) in [4.78, 5) is 14.6. The number of morpholine rings is 1. The molecule has 1 aromatic heterocycles. The zero-order chi connectivity index (χ0) is 22.2. The van der Waals surface area contributed by atoms with Gasteiger partial charge >= 0.3 is 6.03 Å². The molecule has 0 saturated carbocycles. The van der Waals surface area contributed by atoms with Gasteiger partial charge in [-0.25, -0.2) is 4.79 Å². The minimum atomic E-state index is -0.280. The number of carbonyl (C=O) groups is 1. The van der Waals surface area contributed by atoms with Gasteiger partial charge in [-0.1, -0.05) is 37.6 Å². The second-order valence-electron chi connectivity index (χ2n) is 7.84. The van der Waals surface area contributed by atoms with Gasteiger partial charge in [0.25, 0.3) is 0 Å². The van der Waals surface area contributed by atoms with Crippen LogP contribution in [0.1, 0.15) is 25.3 Å². The molecule has 1 aliphatic heterocycles. The number of aromatic nitrogens is 2. The second kappa shape index (κ2) is 10.7. The summed E-state index contributed by atoms with van der Waals surface area (Å²) in [6.45, 7) is 5.25. The Labute approximate surface area is 188 Å². The van der Waals surface area contributed by atoms with E-state index >= 15 is 0 Å². The average Bonchev–Trinajstić information content (AvgIpc) is 2.84. The van der Waals surface area contributed by atoms with Gasteiger partial charge < -0.3 is 20.3 Å². The highest BCUT2D eigenvalue weighted by Gasteiger charge is 2.13. The second-order valence-corrected chi connectivity index (χ2v) is 7.84. The summed E-state index contributed by atoms with van der Waals surface area (Å²) in [7, 11) is 0. The van der Waals surface area contributed by atoms with Crippen molar-refractivity contribution in [2.75, 3.05) is 41.8 Å². The molecule has 166 valence electrons. The van der Waals surface area contributed by atoms with Crippen molar-refractivity contribution in [3.63, 3.8) is 0 Å². The van der Waals surface area contributed by atoms with Crippen LogP contribution in [0.25, 0.3) is 11.3 Å². The number of rotatable bonds is 7. The SMILES string of the molecule is CCCCc1ccc(NC(=O)Nc2cccc(-c3ccc(N4CCOCC4)nn3)c2)cc1. The molecule has 4 rings (SSSR count). The van der Waals surface area contributed by atoms with E-state index in [1.165, 1.54) is 18.4 Å². The Morgan fingerprint density at radius 1 is 0.969 bits per heavy atom. The number of ether oxygens (including phenoxy) is 1. The fraction of sp³-hybridized carbons (Fsp3) is 0.320. The lowest BCUT2D eigenvalue weighted by atomic mass is 10.1. The van der Waals surface area contributed by atoms with Crippen molar-refractivity contribution in [2.24, 2.45) is 0 Å². The maximum atomic E-state index is 12.4. The van der Waals surface area contributed by atoms with Gasteiger partial charge in [0.05, 0.1) is 18.9 Å². The Bertz CT molecular complexity index is 1020. The van der Waals surface area contributed by atoms with Crippen LogP contribution in [0.2, 0.25) is 0 Å². The minimum Gasteiger partial charge on any atom is -0.378 e. The summed E-state index contributed by atoms with van der Waals surface area (Å²) in [5.41, 5.74) is 4.39. The molecule has 2 heterocycles. The van der Waals surface area contributed by atoms with Crippen LogP contribution in [0, 0.1) is 0 Å². The molecule has 0 atom stereocenters. The van der Waals surface area contributed by atoms with Gasteiger partial charge in [-0.15, -0.1) is 10.2 Å². The van der Waals surface area contributed by atoms with Crippen LogP contribution in [-0.2, 0) is 11.2 Å². The molecular formula is C25H29N5O2. The van der Waals surface area contributed by atoms with Crippen molar-refractivity contribution in [3.8, 4) is 11.3 Å². The fourth-order valence-electron chi connectivity index (χ4n) is 3.63. The molecule has 3 aromatic rings. The highest BCUT2D eigenvalue weighted by molar-refractivity contribution is 6.00. The van der Waals surface area contributed by atoms with Crippen LogP contribution in [0.3, 0.4) is 0 Å². The van der Waals surface area contributed by atoms with Gasteiger partial charge in [-0.05, 0) is 54.8 Å². The summed E-state index contributed by atoms with van der Waals surface area (Å²) < 4.78 is 5.39. The fourth-order valence-corrected chi connectivity index (χ4v) is 3.63. The first-order valence-electron chi connectivity index (χ1n) is 11.1. The lowest BCUT2D eigenvalue weighted by Crippen LogP contribution is -2.36. The molecule has 0 spiro atoms. The number of aryl methyl sites for hydroxylation is 1. The molecule has 32 heavy (non-hydrogen) atoms. The van der Waals surface area contributed by atoms with E-state index in [-0.39, 0.29) is 6.03 Å². The van der Waals surface area contributed by atoms with E-state index in [2.05, 4.69) is 44.8 Å².